The van der Waals surface area contributed by atoms with Crippen molar-refractivity contribution in [2.75, 3.05) is 14.1 Å². The minimum Gasteiger partial charge on any atom is -0.457 e. The molecule has 0 unspecified atom stereocenters. The third kappa shape index (κ3) is 3.87. The molecule has 0 aromatic heterocycles. The zero-order valence-corrected chi connectivity index (χ0v) is 10.8. The molecule has 0 bridgehead atoms. The molecule has 1 N–H and O–H groups in total. The van der Waals surface area contributed by atoms with Crippen LogP contribution in [0, 0.1) is 0 Å². The van der Waals surface area contributed by atoms with E-state index in [-0.39, 0.29) is 0 Å². The minimum atomic E-state index is 0.791. The van der Waals surface area contributed by atoms with E-state index in [0.717, 1.165) is 18.0 Å². The van der Waals surface area contributed by atoms with Crippen LogP contribution in [0.25, 0.3) is 0 Å². The van der Waals surface area contributed by atoms with E-state index < -0.39 is 0 Å². The molecule has 0 saturated carbocycles. The largest absolute Gasteiger partial charge is 0.457 e. The summed E-state index contributed by atoms with van der Waals surface area (Å²) in [7, 11) is 3.95. The topological polar surface area (TPSA) is 24.5 Å². The van der Waals surface area contributed by atoms with Gasteiger partial charge in [-0.25, -0.2) is 0 Å². The predicted octanol–water partition coefficient (Wildman–Crippen LogP) is 3.05. The molecule has 0 aliphatic rings. The Morgan fingerprint density at radius 3 is 2.39 bits per heavy atom. The predicted molar refractivity (Wildman–Crippen MR) is 73.5 cm³/mol. The monoisotopic (exact) mass is 242 g/mol. The van der Waals surface area contributed by atoms with E-state index in [1.807, 2.05) is 67.6 Å². The van der Waals surface area contributed by atoms with Crippen LogP contribution in [-0.4, -0.2) is 19.1 Å². The number of hydrogen-bond donors (Lipinski definition) is 1. The van der Waals surface area contributed by atoms with Gasteiger partial charge in [0.25, 0.3) is 0 Å². The Morgan fingerprint density at radius 2 is 1.67 bits per heavy atom. The third-order valence-corrected chi connectivity index (χ3v) is 2.48. The fraction of sp³-hybridized carbons (Fsp3) is 0.200. The summed E-state index contributed by atoms with van der Waals surface area (Å²) in [5.74, 6) is 1.72. The van der Waals surface area contributed by atoms with Crippen molar-refractivity contribution < 1.29 is 4.74 Å². The van der Waals surface area contributed by atoms with E-state index in [4.69, 9.17) is 4.74 Å². The van der Waals surface area contributed by atoms with Crippen molar-refractivity contribution in [3.05, 3.63) is 60.2 Å². The minimum absolute atomic E-state index is 0.791. The Morgan fingerprint density at radius 1 is 0.944 bits per heavy atom. The van der Waals surface area contributed by atoms with Gasteiger partial charge in [0, 0.05) is 20.6 Å². The summed E-state index contributed by atoms with van der Waals surface area (Å²) < 4.78 is 5.78. The molecule has 3 nitrogen and oxygen atoms in total. The summed E-state index contributed by atoms with van der Waals surface area (Å²) in [6.45, 7) is 0.791. The quantitative estimate of drug-likeness (QED) is 0.816. The fourth-order valence-corrected chi connectivity index (χ4v) is 1.59. The van der Waals surface area contributed by atoms with Crippen LogP contribution in [0.4, 0.5) is 0 Å². The number of para-hydroxylation sites is 1. The Bertz CT molecular complexity index is 483. The van der Waals surface area contributed by atoms with E-state index >= 15 is 0 Å². The van der Waals surface area contributed by atoms with Crippen molar-refractivity contribution in [1.82, 2.24) is 10.4 Å². The molecular formula is C15H18N2O. The van der Waals surface area contributed by atoms with Crippen LogP contribution < -0.4 is 10.2 Å². The maximum Gasteiger partial charge on any atom is 0.127 e. The van der Waals surface area contributed by atoms with Gasteiger partial charge in [-0.3, -0.25) is 10.4 Å². The molecule has 0 aliphatic heterocycles. The smallest absolute Gasteiger partial charge is 0.127 e. The molecule has 18 heavy (non-hydrogen) atoms. The second-order valence-corrected chi connectivity index (χ2v) is 4.29. The average Bonchev–Trinajstić information content (AvgIpc) is 2.38. The lowest BCUT2D eigenvalue weighted by atomic mass is 10.2. The van der Waals surface area contributed by atoms with Gasteiger partial charge in [0.15, 0.2) is 0 Å². The van der Waals surface area contributed by atoms with Crippen LogP contribution in [0.15, 0.2) is 54.6 Å². The van der Waals surface area contributed by atoms with Crippen molar-refractivity contribution in [2.24, 2.45) is 0 Å². The molecule has 94 valence electrons. The molecular weight excluding hydrogens is 224 g/mol. The molecule has 0 aliphatic carbocycles. The van der Waals surface area contributed by atoms with Crippen LogP contribution in [-0.2, 0) is 6.54 Å². The number of benzene rings is 2. The van der Waals surface area contributed by atoms with E-state index in [2.05, 4.69) is 11.5 Å². The molecule has 2 rings (SSSR count). The first-order chi connectivity index (χ1) is 8.74. The Balaban J connectivity index is 2.03. The first kappa shape index (κ1) is 12.6. The third-order valence-electron chi connectivity index (χ3n) is 2.48. The zero-order valence-electron chi connectivity index (χ0n) is 10.8. The Kier molecular flexibility index (Phi) is 4.34. The first-order valence-electron chi connectivity index (χ1n) is 5.97. The molecule has 3 heteroatoms. The van der Waals surface area contributed by atoms with Crippen LogP contribution in [0.5, 0.6) is 11.5 Å². The van der Waals surface area contributed by atoms with E-state index in [1.165, 1.54) is 5.56 Å². The number of nitrogens with one attached hydrogen (secondary N) is 1. The lowest BCUT2D eigenvalue weighted by Crippen LogP contribution is -2.29. The molecule has 0 amide bonds. The van der Waals surface area contributed by atoms with Gasteiger partial charge in [0.05, 0.1) is 0 Å². The second kappa shape index (κ2) is 6.19. The summed E-state index contributed by atoms with van der Waals surface area (Å²) in [6, 6.07) is 17.9. The van der Waals surface area contributed by atoms with Crippen molar-refractivity contribution >= 4 is 0 Å². The summed E-state index contributed by atoms with van der Waals surface area (Å²) in [6.07, 6.45) is 0. The lowest BCUT2D eigenvalue weighted by Gasteiger charge is -2.12. The summed E-state index contributed by atoms with van der Waals surface area (Å²) in [5.41, 5.74) is 4.42. The second-order valence-electron chi connectivity index (χ2n) is 4.29. The molecule has 0 atom stereocenters. The van der Waals surface area contributed by atoms with Crippen LogP contribution >= 0.6 is 0 Å². The van der Waals surface area contributed by atoms with E-state index in [0.29, 0.717) is 0 Å². The molecule has 0 spiro atoms. The molecule has 0 fully saturated rings. The number of hydrogen-bond acceptors (Lipinski definition) is 3. The molecule has 2 aromatic carbocycles. The molecule has 0 saturated heterocycles. The lowest BCUT2D eigenvalue weighted by molar-refractivity contribution is 0.286. The standard InChI is InChI=1S/C15H18N2O/c1-17(2)16-12-13-7-6-10-15(11-13)18-14-8-4-3-5-9-14/h3-11,16H,12H2,1-2H3. The van der Waals surface area contributed by atoms with Gasteiger partial charge in [-0.2, -0.15) is 0 Å². The maximum absolute atomic E-state index is 5.78. The highest BCUT2D eigenvalue weighted by Gasteiger charge is 1.99. The highest BCUT2D eigenvalue weighted by atomic mass is 16.5. The van der Waals surface area contributed by atoms with Crippen LogP contribution in [0.1, 0.15) is 5.56 Å². The highest BCUT2D eigenvalue weighted by molar-refractivity contribution is 5.33. The van der Waals surface area contributed by atoms with Gasteiger partial charge in [0.1, 0.15) is 11.5 Å². The summed E-state index contributed by atoms with van der Waals surface area (Å²) in [4.78, 5) is 0. The molecule has 0 radical (unpaired) electrons. The molecule has 0 heterocycles. The zero-order chi connectivity index (χ0) is 12.8. The van der Waals surface area contributed by atoms with E-state index in [9.17, 15) is 0 Å². The first-order valence-corrected chi connectivity index (χ1v) is 5.97. The van der Waals surface area contributed by atoms with Crippen molar-refractivity contribution in [3.8, 4) is 11.5 Å². The highest BCUT2D eigenvalue weighted by Crippen LogP contribution is 2.21. The SMILES string of the molecule is CN(C)NCc1cccc(Oc2ccccc2)c1. The van der Waals surface area contributed by atoms with Gasteiger partial charge < -0.3 is 4.74 Å². The Labute approximate surface area is 108 Å². The van der Waals surface area contributed by atoms with Gasteiger partial charge in [-0.1, -0.05) is 30.3 Å². The number of nitrogens with zero attached hydrogens (tertiary/aromatic N) is 1. The Hall–Kier alpha value is -1.84. The van der Waals surface area contributed by atoms with Gasteiger partial charge in [-0.15, -0.1) is 0 Å². The van der Waals surface area contributed by atoms with Gasteiger partial charge in [-0.05, 0) is 29.8 Å². The van der Waals surface area contributed by atoms with Crippen molar-refractivity contribution in [1.29, 1.82) is 0 Å². The normalized spacial score (nSPS) is 10.6. The van der Waals surface area contributed by atoms with Crippen molar-refractivity contribution in [2.45, 2.75) is 6.54 Å². The number of rotatable bonds is 5. The van der Waals surface area contributed by atoms with Crippen LogP contribution in [0.2, 0.25) is 0 Å². The number of ether oxygens (including phenoxy) is 1. The number of hydrazine groups is 1. The molecule has 2 aromatic rings. The van der Waals surface area contributed by atoms with E-state index in [1.54, 1.807) is 0 Å². The average molecular weight is 242 g/mol. The summed E-state index contributed by atoms with van der Waals surface area (Å²) in [5, 5.41) is 1.94. The van der Waals surface area contributed by atoms with Gasteiger partial charge >= 0.3 is 0 Å². The van der Waals surface area contributed by atoms with Gasteiger partial charge in [0.2, 0.25) is 0 Å². The maximum atomic E-state index is 5.78. The van der Waals surface area contributed by atoms with Crippen molar-refractivity contribution in [3.63, 3.8) is 0 Å². The fourth-order valence-electron chi connectivity index (χ4n) is 1.59. The van der Waals surface area contributed by atoms with Crippen LogP contribution in [0.3, 0.4) is 0 Å². The summed E-state index contributed by atoms with van der Waals surface area (Å²) >= 11 is 0.